The summed E-state index contributed by atoms with van der Waals surface area (Å²) in [6, 6.07) is 29.7. The molecule has 3 N–H and O–H groups in total. The summed E-state index contributed by atoms with van der Waals surface area (Å²) in [5.41, 5.74) is 4.48. The highest BCUT2D eigenvalue weighted by molar-refractivity contribution is 9.10. The second-order valence-electron chi connectivity index (χ2n) is 8.48. The van der Waals surface area contributed by atoms with Crippen LogP contribution in [0.4, 0.5) is 11.4 Å². The number of thiocarbonyl (C=S) groups is 1. The smallest absolute Gasteiger partial charge is 0.257 e. The van der Waals surface area contributed by atoms with Crippen molar-refractivity contribution in [2.24, 2.45) is 0 Å². The van der Waals surface area contributed by atoms with Crippen LogP contribution < -0.4 is 20.7 Å². The average molecular weight is 589 g/mol. The average Bonchev–Trinajstić information content (AvgIpc) is 2.91. The highest BCUT2D eigenvalue weighted by Gasteiger charge is 2.12. The van der Waals surface area contributed by atoms with E-state index in [1.807, 2.05) is 43.3 Å². The molecule has 38 heavy (non-hydrogen) atoms. The maximum atomic E-state index is 12.7. The van der Waals surface area contributed by atoms with Gasteiger partial charge in [-0.2, -0.15) is 0 Å². The van der Waals surface area contributed by atoms with Gasteiger partial charge in [0.05, 0.1) is 11.1 Å². The van der Waals surface area contributed by atoms with Gasteiger partial charge in [-0.05, 0) is 94.7 Å². The van der Waals surface area contributed by atoms with Crippen LogP contribution in [0.1, 0.15) is 31.8 Å². The molecule has 0 aliphatic rings. The third-order valence-electron chi connectivity index (χ3n) is 5.70. The van der Waals surface area contributed by atoms with E-state index in [2.05, 4.69) is 44.0 Å². The van der Waals surface area contributed by atoms with E-state index >= 15 is 0 Å². The van der Waals surface area contributed by atoms with Crippen LogP contribution in [-0.4, -0.2) is 23.5 Å². The molecule has 192 valence electrons. The second kappa shape index (κ2) is 13.0. The van der Waals surface area contributed by atoms with Gasteiger partial charge in [-0.25, -0.2) is 0 Å². The molecule has 4 rings (SSSR count). The predicted octanol–water partition coefficient (Wildman–Crippen LogP) is 6.76. The largest absolute Gasteiger partial charge is 0.492 e. The maximum absolute atomic E-state index is 12.7. The molecular formula is C30H26BrN3O3S. The van der Waals surface area contributed by atoms with Gasteiger partial charge in [-0.1, -0.05) is 48.5 Å². The zero-order valence-electron chi connectivity index (χ0n) is 20.7. The van der Waals surface area contributed by atoms with Gasteiger partial charge in [0.25, 0.3) is 11.8 Å². The molecule has 0 aromatic heterocycles. The Labute approximate surface area is 235 Å². The number of hydrogen-bond donors (Lipinski definition) is 3. The Morgan fingerprint density at radius 3 is 2.16 bits per heavy atom. The number of carbonyl (C=O) groups is 2. The van der Waals surface area contributed by atoms with Crippen molar-refractivity contribution in [3.05, 3.63) is 124 Å². The molecule has 0 saturated carbocycles. The van der Waals surface area contributed by atoms with E-state index in [9.17, 15) is 9.59 Å². The molecular weight excluding hydrogens is 562 g/mol. The number of carbonyl (C=O) groups excluding carboxylic acids is 2. The van der Waals surface area contributed by atoms with Gasteiger partial charge in [0.15, 0.2) is 5.11 Å². The number of benzene rings is 4. The number of rotatable bonds is 8. The molecule has 2 amide bonds. The SMILES string of the molecule is Cc1ccccc1C(=O)Nc1ccc(NC(=S)NC(=O)c2ccc(OCCc3ccccc3)c(Br)c2)cc1. The van der Waals surface area contributed by atoms with E-state index in [0.29, 0.717) is 39.3 Å². The van der Waals surface area contributed by atoms with Crippen LogP contribution in [0.5, 0.6) is 5.75 Å². The summed E-state index contributed by atoms with van der Waals surface area (Å²) in [6.07, 6.45) is 0.787. The van der Waals surface area contributed by atoms with Gasteiger partial charge in [0, 0.05) is 28.9 Å². The number of amides is 2. The minimum absolute atomic E-state index is 0.158. The highest BCUT2D eigenvalue weighted by atomic mass is 79.9. The van der Waals surface area contributed by atoms with Crippen molar-refractivity contribution >= 4 is 56.4 Å². The molecule has 4 aromatic rings. The Bertz CT molecular complexity index is 1440. The predicted molar refractivity (Wildman–Crippen MR) is 159 cm³/mol. The van der Waals surface area contributed by atoms with E-state index in [4.69, 9.17) is 17.0 Å². The number of anilines is 2. The first-order valence-corrected chi connectivity index (χ1v) is 13.1. The number of hydrogen-bond acceptors (Lipinski definition) is 4. The number of ether oxygens (including phenoxy) is 1. The summed E-state index contributed by atoms with van der Waals surface area (Å²) in [7, 11) is 0. The van der Waals surface area contributed by atoms with Crippen LogP contribution in [0.25, 0.3) is 0 Å². The van der Waals surface area contributed by atoms with E-state index in [-0.39, 0.29) is 16.9 Å². The van der Waals surface area contributed by atoms with Gasteiger partial charge >= 0.3 is 0 Å². The minimum Gasteiger partial charge on any atom is -0.492 e. The van der Waals surface area contributed by atoms with Crippen molar-refractivity contribution in [1.29, 1.82) is 0 Å². The Hall–Kier alpha value is -4.01. The lowest BCUT2D eigenvalue weighted by Crippen LogP contribution is -2.34. The Kier molecular flexibility index (Phi) is 9.24. The fourth-order valence-electron chi connectivity index (χ4n) is 3.68. The van der Waals surface area contributed by atoms with Crippen molar-refractivity contribution in [2.75, 3.05) is 17.2 Å². The first-order chi connectivity index (χ1) is 18.4. The number of halogens is 1. The van der Waals surface area contributed by atoms with Gasteiger partial charge in [-0.15, -0.1) is 0 Å². The molecule has 6 nitrogen and oxygen atoms in total. The van der Waals surface area contributed by atoms with E-state index in [1.165, 1.54) is 5.56 Å². The molecule has 0 atom stereocenters. The van der Waals surface area contributed by atoms with Crippen molar-refractivity contribution in [3.63, 3.8) is 0 Å². The van der Waals surface area contributed by atoms with Gasteiger partial charge in [0.1, 0.15) is 5.75 Å². The molecule has 0 aliphatic carbocycles. The Balaban J connectivity index is 1.27. The summed E-state index contributed by atoms with van der Waals surface area (Å²) in [5.74, 6) is 0.138. The van der Waals surface area contributed by atoms with Crippen molar-refractivity contribution in [2.45, 2.75) is 13.3 Å². The third-order valence-corrected chi connectivity index (χ3v) is 6.53. The minimum atomic E-state index is -0.346. The number of aryl methyl sites for hydroxylation is 1. The molecule has 0 bridgehead atoms. The van der Waals surface area contributed by atoms with Crippen LogP contribution in [0, 0.1) is 6.92 Å². The highest BCUT2D eigenvalue weighted by Crippen LogP contribution is 2.26. The summed E-state index contributed by atoms with van der Waals surface area (Å²) in [6.45, 7) is 2.42. The molecule has 0 saturated heterocycles. The molecule has 0 heterocycles. The molecule has 0 fully saturated rings. The lowest BCUT2D eigenvalue weighted by Gasteiger charge is -2.12. The van der Waals surface area contributed by atoms with E-state index in [0.717, 1.165) is 12.0 Å². The van der Waals surface area contributed by atoms with Crippen molar-refractivity contribution in [3.8, 4) is 5.75 Å². The summed E-state index contributed by atoms with van der Waals surface area (Å²) in [5, 5.41) is 8.70. The van der Waals surface area contributed by atoms with E-state index < -0.39 is 0 Å². The molecule has 4 aromatic carbocycles. The topological polar surface area (TPSA) is 79.5 Å². The second-order valence-corrected chi connectivity index (χ2v) is 9.75. The van der Waals surface area contributed by atoms with Crippen LogP contribution in [0.2, 0.25) is 0 Å². The normalized spacial score (nSPS) is 10.4. The van der Waals surface area contributed by atoms with Crippen molar-refractivity contribution < 1.29 is 14.3 Å². The summed E-state index contributed by atoms with van der Waals surface area (Å²) >= 11 is 8.79. The lowest BCUT2D eigenvalue weighted by molar-refractivity contribution is 0.0976. The number of nitrogens with one attached hydrogen (secondary N) is 3. The molecule has 0 radical (unpaired) electrons. The van der Waals surface area contributed by atoms with Gasteiger partial charge in [-0.3, -0.25) is 14.9 Å². The first kappa shape index (κ1) is 27.0. The van der Waals surface area contributed by atoms with Gasteiger partial charge in [0.2, 0.25) is 0 Å². The molecule has 0 spiro atoms. The lowest BCUT2D eigenvalue weighted by atomic mass is 10.1. The van der Waals surface area contributed by atoms with Crippen molar-refractivity contribution in [1.82, 2.24) is 5.32 Å². The van der Waals surface area contributed by atoms with Crippen LogP contribution in [0.15, 0.2) is 102 Å². The first-order valence-electron chi connectivity index (χ1n) is 11.9. The molecule has 0 aliphatic heterocycles. The van der Waals surface area contributed by atoms with Crippen LogP contribution >= 0.6 is 28.1 Å². The Morgan fingerprint density at radius 2 is 1.47 bits per heavy atom. The van der Waals surface area contributed by atoms with Crippen LogP contribution in [-0.2, 0) is 6.42 Å². The van der Waals surface area contributed by atoms with Crippen LogP contribution in [0.3, 0.4) is 0 Å². The van der Waals surface area contributed by atoms with E-state index in [1.54, 1.807) is 48.5 Å². The third kappa shape index (κ3) is 7.50. The quantitative estimate of drug-likeness (QED) is 0.198. The zero-order chi connectivity index (χ0) is 26.9. The summed E-state index contributed by atoms with van der Waals surface area (Å²) in [4.78, 5) is 25.2. The molecule has 0 unspecified atom stereocenters. The fourth-order valence-corrected chi connectivity index (χ4v) is 4.39. The summed E-state index contributed by atoms with van der Waals surface area (Å²) < 4.78 is 6.54. The standard InChI is InChI=1S/C30H26BrN3O3S/c1-20-7-5-6-10-25(20)29(36)32-23-12-14-24(15-13-23)33-30(38)34-28(35)22-11-16-27(26(31)19-22)37-18-17-21-8-3-2-4-9-21/h2-16,19H,17-18H2,1H3,(H,32,36)(H2,33,34,35,38). The monoisotopic (exact) mass is 587 g/mol. The zero-order valence-corrected chi connectivity index (χ0v) is 23.1. The molecule has 8 heteroatoms. The van der Waals surface area contributed by atoms with Gasteiger partial charge < -0.3 is 15.4 Å². The fraction of sp³-hybridized carbons (Fsp3) is 0.100. The Morgan fingerprint density at radius 1 is 0.816 bits per heavy atom. The maximum Gasteiger partial charge on any atom is 0.257 e.